The first kappa shape index (κ1) is 27.0. The van der Waals surface area contributed by atoms with E-state index in [2.05, 4.69) is 171 Å². The van der Waals surface area contributed by atoms with E-state index in [0.29, 0.717) is 0 Å². The molecular formula is C45H30S. The van der Waals surface area contributed by atoms with Crippen molar-refractivity contribution in [2.45, 2.75) is 16.7 Å². The lowest BCUT2D eigenvalue weighted by Crippen LogP contribution is -1.94. The Balaban J connectivity index is 1.34. The van der Waals surface area contributed by atoms with Crippen LogP contribution in [0.1, 0.15) is 5.56 Å². The van der Waals surface area contributed by atoms with E-state index >= 15 is 0 Å². The fourth-order valence-electron chi connectivity index (χ4n) is 7.26. The molecule has 2 bridgehead atoms. The molecule has 0 saturated heterocycles. The van der Waals surface area contributed by atoms with E-state index in [-0.39, 0.29) is 0 Å². The van der Waals surface area contributed by atoms with Crippen molar-refractivity contribution < 1.29 is 0 Å². The van der Waals surface area contributed by atoms with Gasteiger partial charge in [0.1, 0.15) is 0 Å². The van der Waals surface area contributed by atoms with Crippen LogP contribution in [0.2, 0.25) is 0 Å². The summed E-state index contributed by atoms with van der Waals surface area (Å²) in [6, 6.07) is 60.3. The first-order valence-corrected chi connectivity index (χ1v) is 16.7. The lowest BCUT2D eigenvalue weighted by Gasteiger charge is -2.22. The van der Waals surface area contributed by atoms with E-state index in [9.17, 15) is 0 Å². The van der Waals surface area contributed by atoms with Gasteiger partial charge in [0, 0.05) is 15.2 Å². The van der Waals surface area contributed by atoms with E-state index < -0.39 is 0 Å². The number of benzene rings is 7. The zero-order valence-electron chi connectivity index (χ0n) is 25.5. The monoisotopic (exact) mass is 602 g/mol. The second-order valence-corrected chi connectivity index (χ2v) is 13.2. The largest absolute Gasteiger partial charge is 0.0888 e. The van der Waals surface area contributed by atoms with Crippen molar-refractivity contribution in [3.05, 3.63) is 169 Å². The van der Waals surface area contributed by atoms with Crippen molar-refractivity contribution in [3.63, 3.8) is 0 Å². The molecule has 0 amide bonds. The predicted molar refractivity (Wildman–Crippen MR) is 198 cm³/mol. The standard InChI is InChI=1S/C45H30S/c1-29-30-12-5-2-3-8-16-39-36(23-22-32(21-20-30)44(29)39)34-26-33(31-13-6-4-7-14-31)27-35(28-34)37-24-25-43-45-40(37)17-11-18-41(45)38-15-9-10-19-42(38)46-43/h2-28H,1H3. The maximum atomic E-state index is 2.40. The van der Waals surface area contributed by atoms with E-state index in [4.69, 9.17) is 0 Å². The lowest BCUT2D eigenvalue weighted by atomic mass is 9.87. The van der Waals surface area contributed by atoms with Crippen LogP contribution in [-0.2, 0) is 0 Å². The molecule has 8 aromatic rings. The van der Waals surface area contributed by atoms with Crippen molar-refractivity contribution in [2.75, 3.05) is 0 Å². The average Bonchev–Trinajstić information content (AvgIpc) is 3.10. The van der Waals surface area contributed by atoms with Crippen LogP contribution < -0.4 is 0 Å². The zero-order chi connectivity index (χ0) is 30.6. The first-order chi connectivity index (χ1) is 22.7. The zero-order valence-corrected chi connectivity index (χ0v) is 26.3. The average molecular weight is 603 g/mol. The van der Waals surface area contributed by atoms with Gasteiger partial charge >= 0.3 is 0 Å². The van der Waals surface area contributed by atoms with Gasteiger partial charge in [-0.15, -0.1) is 0 Å². The van der Waals surface area contributed by atoms with E-state index in [1.54, 1.807) is 0 Å². The van der Waals surface area contributed by atoms with E-state index in [1.165, 1.54) is 92.2 Å². The van der Waals surface area contributed by atoms with Gasteiger partial charge in [0.25, 0.3) is 0 Å². The summed E-state index contributed by atoms with van der Waals surface area (Å²) < 4.78 is 0. The van der Waals surface area contributed by atoms with Crippen molar-refractivity contribution in [1.29, 1.82) is 0 Å². The van der Waals surface area contributed by atoms with E-state index in [0.717, 1.165) is 0 Å². The van der Waals surface area contributed by atoms with Gasteiger partial charge in [0.2, 0.25) is 0 Å². The molecule has 1 heteroatoms. The van der Waals surface area contributed by atoms with Crippen LogP contribution in [-0.4, -0.2) is 0 Å². The second-order valence-electron chi connectivity index (χ2n) is 12.1. The van der Waals surface area contributed by atoms with Crippen LogP contribution in [0.25, 0.3) is 76.8 Å². The van der Waals surface area contributed by atoms with Crippen LogP contribution in [0.5, 0.6) is 0 Å². The third-order valence-electron chi connectivity index (χ3n) is 9.46. The minimum absolute atomic E-state index is 1.22. The van der Waals surface area contributed by atoms with Crippen LogP contribution in [0.15, 0.2) is 174 Å². The molecule has 0 atom stereocenters. The summed E-state index contributed by atoms with van der Waals surface area (Å²) in [4.78, 5) is 2.65. The number of hydrogen-bond donors (Lipinski definition) is 0. The molecule has 46 heavy (non-hydrogen) atoms. The third kappa shape index (κ3) is 4.39. The highest BCUT2D eigenvalue weighted by Crippen LogP contribution is 2.50. The highest BCUT2D eigenvalue weighted by molar-refractivity contribution is 7.99. The lowest BCUT2D eigenvalue weighted by molar-refractivity contribution is 1.40. The highest BCUT2D eigenvalue weighted by atomic mass is 32.2. The Morgan fingerprint density at radius 2 is 0.935 bits per heavy atom. The molecule has 0 unspecified atom stereocenters. The minimum Gasteiger partial charge on any atom is -0.0888 e. The smallest absolute Gasteiger partial charge is 0.0207 e. The minimum atomic E-state index is 1.22. The molecule has 9 rings (SSSR count). The molecule has 1 aliphatic heterocycles. The van der Waals surface area contributed by atoms with E-state index in [1.807, 2.05) is 11.8 Å². The van der Waals surface area contributed by atoms with Crippen molar-refractivity contribution in [2.24, 2.45) is 0 Å². The van der Waals surface area contributed by atoms with Gasteiger partial charge in [0.15, 0.2) is 0 Å². The summed E-state index contributed by atoms with van der Waals surface area (Å²) in [6.45, 7) is 2.26. The van der Waals surface area contributed by atoms with Crippen LogP contribution in [0.4, 0.5) is 0 Å². The molecule has 0 spiro atoms. The maximum absolute atomic E-state index is 2.40. The highest BCUT2D eigenvalue weighted by Gasteiger charge is 2.21. The molecule has 1 heterocycles. The summed E-state index contributed by atoms with van der Waals surface area (Å²) in [7, 11) is 0. The summed E-state index contributed by atoms with van der Waals surface area (Å²) in [5.74, 6) is 0. The molecule has 0 nitrogen and oxygen atoms in total. The van der Waals surface area contributed by atoms with Gasteiger partial charge in [-0.3, -0.25) is 0 Å². The molecule has 0 saturated carbocycles. The molecule has 0 aromatic heterocycles. The second kappa shape index (κ2) is 10.9. The normalized spacial score (nSPS) is 11.9. The number of fused-ring (bicyclic) bond motifs is 3. The van der Waals surface area contributed by atoms with Crippen molar-refractivity contribution in [3.8, 4) is 44.5 Å². The number of rotatable bonds is 3. The van der Waals surface area contributed by atoms with Gasteiger partial charge in [0.05, 0.1) is 0 Å². The van der Waals surface area contributed by atoms with Gasteiger partial charge < -0.3 is 0 Å². The van der Waals surface area contributed by atoms with Crippen molar-refractivity contribution >= 4 is 44.1 Å². The van der Waals surface area contributed by atoms with Crippen molar-refractivity contribution in [1.82, 2.24) is 0 Å². The fraction of sp³-hybridized carbons (Fsp3) is 0.0222. The van der Waals surface area contributed by atoms with Gasteiger partial charge in [-0.2, -0.15) is 0 Å². The number of aryl methyl sites for hydroxylation is 1. The Hall–Kier alpha value is -5.37. The van der Waals surface area contributed by atoms with Crippen LogP contribution in [0, 0.1) is 6.92 Å². The molecule has 0 N–H and O–H groups in total. The Kier molecular flexibility index (Phi) is 6.40. The topological polar surface area (TPSA) is 0 Å². The van der Waals surface area contributed by atoms with Crippen LogP contribution in [0.3, 0.4) is 0 Å². The summed E-state index contributed by atoms with van der Waals surface area (Å²) >= 11 is 1.88. The van der Waals surface area contributed by atoms with Gasteiger partial charge in [-0.05, 0) is 114 Å². The molecule has 216 valence electrons. The Morgan fingerprint density at radius 1 is 0.348 bits per heavy atom. The Labute approximate surface area is 273 Å². The predicted octanol–water partition coefficient (Wildman–Crippen LogP) is 13.1. The Morgan fingerprint density at radius 3 is 1.78 bits per heavy atom. The number of hydrogen-bond acceptors (Lipinski definition) is 1. The summed E-state index contributed by atoms with van der Waals surface area (Å²) in [6.07, 6.45) is 0. The van der Waals surface area contributed by atoms with Gasteiger partial charge in [-0.25, -0.2) is 0 Å². The molecule has 0 fully saturated rings. The maximum Gasteiger partial charge on any atom is 0.0207 e. The quantitative estimate of drug-likeness (QED) is 0.194. The third-order valence-corrected chi connectivity index (χ3v) is 10.6. The molecule has 0 radical (unpaired) electrons. The Bertz CT molecular complexity index is 2500. The molecule has 1 aliphatic rings. The van der Waals surface area contributed by atoms with Gasteiger partial charge in [-0.1, -0.05) is 145 Å². The van der Waals surface area contributed by atoms with Crippen LogP contribution >= 0.6 is 11.8 Å². The summed E-state index contributed by atoms with van der Waals surface area (Å²) in [5.41, 5.74) is 11.3. The summed E-state index contributed by atoms with van der Waals surface area (Å²) in [5, 5.41) is 7.75. The molecule has 8 aromatic carbocycles. The SMILES string of the molecule is Cc1c2ccccccc3c(-c4cc(-c5ccccc5)cc(-c5ccc6c7c(cccc57)-c5ccccc5S6)c4)ccc(cc2)c13. The molecular weight excluding hydrogens is 573 g/mol. The fourth-order valence-corrected chi connectivity index (χ4v) is 8.38. The first-order valence-electron chi connectivity index (χ1n) is 15.8. The molecule has 0 aliphatic carbocycles.